The number of carbonyl (C=O) groups excluding carboxylic acids is 2. The van der Waals surface area contributed by atoms with E-state index in [1.165, 1.54) is 24.1 Å². The van der Waals surface area contributed by atoms with Crippen molar-refractivity contribution >= 4 is 23.5 Å². The van der Waals surface area contributed by atoms with Crippen molar-refractivity contribution in [2.45, 2.75) is 13.3 Å². The summed E-state index contributed by atoms with van der Waals surface area (Å²) in [6.07, 6.45) is 0.157. The Morgan fingerprint density at radius 3 is 2.65 bits per heavy atom. The molecule has 0 aliphatic heterocycles. The van der Waals surface area contributed by atoms with Crippen LogP contribution >= 0.6 is 11.6 Å². The van der Waals surface area contributed by atoms with E-state index in [2.05, 4.69) is 4.74 Å². The number of methoxy groups -OCH3 is 1. The van der Waals surface area contributed by atoms with Gasteiger partial charge in [0.1, 0.15) is 0 Å². The van der Waals surface area contributed by atoms with Gasteiger partial charge >= 0.3 is 5.97 Å². The van der Waals surface area contributed by atoms with Gasteiger partial charge in [0.15, 0.2) is 11.0 Å². The molecule has 17 heavy (non-hydrogen) atoms. The molecule has 1 aromatic heterocycles. The van der Waals surface area contributed by atoms with Crippen LogP contribution in [0, 0.1) is 0 Å². The molecule has 1 aromatic rings. The van der Waals surface area contributed by atoms with Gasteiger partial charge in [0, 0.05) is 13.1 Å². The molecule has 0 atom stereocenters. The minimum Gasteiger partial charge on any atom is -0.469 e. The molecule has 0 fully saturated rings. The van der Waals surface area contributed by atoms with Crippen LogP contribution in [0.2, 0.25) is 5.22 Å². The molecule has 0 radical (unpaired) electrons. The second kappa shape index (κ2) is 6.30. The second-order valence-electron chi connectivity index (χ2n) is 3.31. The van der Waals surface area contributed by atoms with Gasteiger partial charge in [0.05, 0.1) is 13.5 Å². The Morgan fingerprint density at radius 1 is 1.47 bits per heavy atom. The number of rotatable bonds is 5. The van der Waals surface area contributed by atoms with Gasteiger partial charge in [-0.2, -0.15) is 0 Å². The number of furan rings is 1. The van der Waals surface area contributed by atoms with Gasteiger partial charge < -0.3 is 14.1 Å². The summed E-state index contributed by atoms with van der Waals surface area (Å²) in [5.74, 6) is -0.473. The van der Waals surface area contributed by atoms with Gasteiger partial charge in [-0.3, -0.25) is 9.59 Å². The summed E-state index contributed by atoms with van der Waals surface area (Å²) in [6, 6.07) is 3.01. The summed E-state index contributed by atoms with van der Waals surface area (Å²) in [7, 11) is 1.31. The Bertz CT molecular complexity index is 402. The highest BCUT2D eigenvalue weighted by Crippen LogP contribution is 2.15. The number of amides is 1. The van der Waals surface area contributed by atoms with E-state index in [0.29, 0.717) is 13.1 Å². The fraction of sp³-hybridized carbons (Fsp3) is 0.455. The Hall–Kier alpha value is -1.49. The maximum Gasteiger partial charge on any atom is 0.307 e. The van der Waals surface area contributed by atoms with Gasteiger partial charge in [-0.25, -0.2) is 0 Å². The van der Waals surface area contributed by atoms with E-state index < -0.39 is 0 Å². The lowest BCUT2D eigenvalue weighted by atomic mass is 10.3. The third-order valence-electron chi connectivity index (χ3n) is 2.27. The molecule has 5 nitrogen and oxygen atoms in total. The molecule has 1 heterocycles. The highest BCUT2D eigenvalue weighted by atomic mass is 35.5. The topological polar surface area (TPSA) is 59.8 Å². The smallest absolute Gasteiger partial charge is 0.307 e. The van der Waals surface area contributed by atoms with E-state index in [1.807, 2.05) is 6.92 Å². The van der Waals surface area contributed by atoms with E-state index in [0.717, 1.165) is 0 Å². The van der Waals surface area contributed by atoms with E-state index in [4.69, 9.17) is 16.0 Å². The minimum atomic E-state index is -0.353. The lowest BCUT2D eigenvalue weighted by Gasteiger charge is -2.18. The average molecular weight is 260 g/mol. The Morgan fingerprint density at radius 2 is 2.18 bits per heavy atom. The number of hydrogen-bond donors (Lipinski definition) is 0. The quantitative estimate of drug-likeness (QED) is 0.759. The van der Waals surface area contributed by atoms with Crippen LogP contribution in [0.1, 0.15) is 23.9 Å². The molecule has 6 heteroatoms. The fourth-order valence-electron chi connectivity index (χ4n) is 1.32. The summed E-state index contributed by atoms with van der Waals surface area (Å²) in [4.78, 5) is 24.4. The van der Waals surface area contributed by atoms with Crippen molar-refractivity contribution in [3.05, 3.63) is 23.1 Å². The van der Waals surface area contributed by atoms with E-state index in [9.17, 15) is 9.59 Å². The molecule has 0 N–H and O–H groups in total. The van der Waals surface area contributed by atoms with Crippen LogP contribution in [0.5, 0.6) is 0 Å². The van der Waals surface area contributed by atoms with Crippen LogP contribution in [0.25, 0.3) is 0 Å². The molecular weight excluding hydrogens is 246 g/mol. The standard InChI is InChI=1S/C11H14ClNO4/c1-3-13(7-6-10(14)16-2)11(15)8-4-5-9(12)17-8/h4-5H,3,6-7H2,1-2H3. The van der Waals surface area contributed by atoms with Crippen molar-refractivity contribution in [3.63, 3.8) is 0 Å². The van der Waals surface area contributed by atoms with Gasteiger partial charge in [-0.05, 0) is 30.7 Å². The molecule has 94 valence electrons. The van der Waals surface area contributed by atoms with Crippen molar-refractivity contribution < 1.29 is 18.7 Å². The molecule has 0 aliphatic carbocycles. The van der Waals surface area contributed by atoms with Crippen molar-refractivity contribution in [2.24, 2.45) is 0 Å². The van der Waals surface area contributed by atoms with Gasteiger partial charge in [0.25, 0.3) is 5.91 Å². The first-order valence-corrected chi connectivity index (χ1v) is 5.57. The summed E-state index contributed by atoms with van der Waals surface area (Å²) in [5.41, 5.74) is 0. The van der Waals surface area contributed by atoms with Gasteiger partial charge in [-0.1, -0.05) is 0 Å². The SMILES string of the molecule is CCN(CCC(=O)OC)C(=O)c1ccc(Cl)o1. The maximum atomic E-state index is 11.9. The molecule has 0 bridgehead atoms. The number of esters is 1. The van der Waals surface area contributed by atoms with E-state index in [1.54, 1.807) is 0 Å². The van der Waals surface area contributed by atoms with Crippen LogP contribution in [0.15, 0.2) is 16.5 Å². The summed E-state index contributed by atoms with van der Waals surface area (Å²) < 4.78 is 9.53. The molecule has 0 unspecified atom stereocenters. The van der Waals surface area contributed by atoms with Crippen LogP contribution in [0.4, 0.5) is 0 Å². The van der Waals surface area contributed by atoms with Crippen molar-refractivity contribution in [3.8, 4) is 0 Å². The number of hydrogen-bond acceptors (Lipinski definition) is 4. The van der Waals surface area contributed by atoms with Crippen LogP contribution in [0.3, 0.4) is 0 Å². The normalized spacial score (nSPS) is 10.1. The monoisotopic (exact) mass is 259 g/mol. The second-order valence-corrected chi connectivity index (χ2v) is 3.69. The van der Waals surface area contributed by atoms with Gasteiger partial charge in [-0.15, -0.1) is 0 Å². The zero-order chi connectivity index (χ0) is 12.8. The first kappa shape index (κ1) is 13.6. The zero-order valence-electron chi connectivity index (χ0n) is 9.73. The molecule has 1 rings (SSSR count). The van der Waals surface area contributed by atoms with Crippen molar-refractivity contribution in [1.29, 1.82) is 0 Å². The predicted molar refractivity (Wildman–Crippen MR) is 61.9 cm³/mol. The number of halogens is 1. The lowest BCUT2D eigenvalue weighted by molar-refractivity contribution is -0.140. The number of carbonyl (C=O) groups is 2. The van der Waals surface area contributed by atoms with E-state index >= 15 is 0 Å². The average Bonchev–Trinajstić information content (AvgIpc) is 2.76. The molecule has 0 saturated heterocycles. The molecule has 1 amide bonds. The van der Waals surface area contributed by atoms with Crippen LogP contribution in [-0.4, -0.2) is 37.0 Å². The Labute approximate surface area is 104 Å². The summed E-state index contributed by atoms with van der Waals surface area (Å²) in [6.45, 7) is 2.59. The van der Waals surface area contributed by atoms with Crippen LogP contribution < -0.4 is 0 Å². The predicted octanol–water partition coefficient (Wildman–Crippen LogP) is 1.96. The fourth-order valence-corrected chi connectivity index (χ4v) is 1.46. The highest BCUT2D eigenvalue weighted by molar-refractivity contribution is 6.29. The maximum absolute atomic E-state index is 11.9. The van der Waals surface area contributed by atoms with Crippen molar-refractivity contribution in [2.75, 3.05) is 20.2 Å². The van der Waals surface area contributed by atoms with Gasteiger partial charge in [0.2, 0.25) is 0 Å². The van der Waals surface area contributed by atoms with E-state index in [-0.39, 0.29) is 29.3 Å². The zero-order valence-corrected chi connectivity index (χ0v) is 10.5. The molecule has 0 aliphatic rings. The molecule has 0 aromatic carbocycles. The first-order valence-electron chi connectivity index (χ1n) is 5.20. The first-order chi connectivity index (χ1) is 8.08. The van der Waals surface area contributed by atoms with Crippen LogP contribution in [-0.2, 0) is 9.53 Å². The number of nitrogens with zero attached hydrogens (tertiary/aromatic N) is 1. The molecular formula is C11H14ClNO4. The molecule has 0 spiro atoms. The number of ether oxygens (including phenoxy) is 1. The molecule has 0 saturated carbocycles. The summed E-state index contributed by atoms with van der Waals surface area (Å²) >= 11 is 5.59. The Kier molecular flexibility index (Phi) is 5.03. The lowest BCUT2D eigenvalue weighted by Crippen LogP contribution is -2.32. The third kappa shape index (κ3) is 3.78. The third-order valence-corrected chi connectivity index (χ3v) is 2.47. The summed E-state index contributed by atoms with van der Waals surface area (Å²) in [5, 5.41) is 0.164. The largest absolute Gasteiger partial charge is 0.469 e. The van der Waals surface area contributed by atoms with Crippen molar-refractivity contribution in [1.82, 2.24) is 4.90 Å². The Balaban J connectivity index is 2.61. The highest BCUT2D eigenvalue weighted by Gasteiger charge is 2.18. The minimum absolute atomic E-state index is 0.157.